The number of hydrogen-bond acceptors (Lipinski definition) is 2. The van der Waals surface area contributed by atoms with Crippen LogP contribution in [0.4, 0.5) is 10.1 Å². The summed E-state index contributed by atoms with van der Waals surface area (Å²) >= 11 is 0. The van der Waals surface area contributed by atoms with E-state index in [1.54, 1.807) is 6.07 Å². The number of fused-ring (bicyclic) bond motifs is 1. The lowest BCUT2D eigenvalue weighted by molar-refractivity contribution is 0.341. The van der Waals surface area contributed by atoms with Gasteiger partial charge in [-0.25, -0.2) is 4.39 Å². The molecule has 4 rings (SSSR count). The molecule has 0 radical (unpaired) electrons. The van der Waals surface area contributed by atoms with Crippen LogP contribution in [0, 0.1) is 11.7 Å². The Morgan fingerprint density at radius 1 is 1.10 bits per heavy atom. The van der Waals surface area contributed by atoms with Crippen molar-refractivity contribution < 1.29 is 4.39 Å². The predicted octanol–water partition coefficient (Wildman–Crippen LogP) is 3.85. The maximum Gasteiger partial charge on any atom is 0.146 e. The fourth-order valence-electron chi connectivity index (χ4n) is 4.25. The smallest absolute Gasteiger partial charge is 0.146 e. The molecule has 0 spiro atoms. The summed E-state index contributed by atoms with van der Waals surface area (Å²) in [6.07, 6.45) is 9.05. The van der Waals surface area contributed by atoms with Gasteiger partial charge in [0.15, 0.2) is 0 Å². The molecule has 2 aliphatic carbocycles. The number of halogens is 1. The first-order chi connectivity index (χ1) is 10.3. The maximum atomic E-state index is 14.5. The Labute approximate surface area is 126 Å². The summed E-state index contributed by atoms with van der Waals surface area (Å²) in [7, 11) is 0. The highest BCUT2D eigenvalue weighted by molar-refractivity contribution is 5.56. The Bertz CT molecular complexity index is 512. The highest BCUT2D eigenvalue weighted by Crippen LogP contribution is 2.41. The quantitative estimate of drug-likeness (QED) is 0.905. The van der Waals surface area contributed by atoms with E-state index in [0.717, 1.165) is 30.3 Å². The zero-order valence-corrected chi connectivity index (χ0v) is 12.7. The van der Waals surface area contributed by atoms with E-state index in [2.05, 4.69) is 16.3 Å². The van der Waals surface area contributed by atoms with Crippen LogP contribution in [0.15, 0.2) is 18.2 Å². The molecular formula is C18H25FN2. The molecule has 2 saturated carbocycles. The van der Waals surface area contributed by atoms with Crippen LogP contribution in [0.3, 0.4) is 0 Å². The largest absolute Gasteiger partial charge is 0.366 e. The summed E-state index contributed by atoms with van der Waals surface area (Å²) in [5.41, 5.74) is 2.04. The monoisotopic (exact) mass is 288 g/mol. The molecule has 1 aromatic rings. The lowest BCUT2D eigenvalue weighted by Crippen LogP contribution is -2.36. The van der Waals surface area contributed by atoms with E-state index in [0.29, 0.717) is 12.1 Å². The summed E-state index contributed by atoms with van der Waals surface area (Å²) in [6.45, 7) is 1.85. The molecule has 0 amide bonds. The van der Waals surface area contributed by atoms with E-state index in [-0.39, 0.29) is 5.82 Å². The van der Waals surface area contributed by atoms with Gasteiger partial charge >= 0.3 is 0 Å². The molecule has 2 unspecified atom stereocenters. The SMILES string of the molecule is Fc1cccc(CNC2CC2)c1N1CCC2CCCCC21. The predicted molar refractivity (Wildman–Crippen MR) is 84.0 cm³/mol. The van der Waals surface area contributed by atoms with Gasteiger partial charge in [-0.3, -0.25) is 0 Å². The minimum absolute atomic E-state index is 0.0312. The fourth-order valence-corrected chi connectivity index (χ4v) is 4.25. The Hall–Kier alpha value is -1.09. The topological polar surface area (TPSA) is 15.3 Å². The fraction of sp³-hybridized carbons (Fsp3) is 0.667. The van der Waals surface area contributed by atoms with E-state index in [4.69, 9.17) is 0 Å². The van der Waals surface area contributed by atoms with Crippen LogP contribution in [0.5, 0.6) is 0 Å². The average Bonchev–Trinajstić information content (AvgIpc) is 3.24. The van der Waals surface area contributed by atoms with Gasteiger partial charge in [0.25, 0.3) is 0 Å². The molecular weight excluding hydrogens is 263 g/mol. The van der Waals surface area contributed by atoms with Crippen molar-refractivity contribution in [2.24, 2.45) is 5.92 Å². The molecule has 3 heteroatoms. The molecule has 1 saturated heterocycles. The van der Waals surface area contributed by atoms with E-state index in [9.17, 15) is 4.39 Å². The van der Waals surface area contributed by atoms with Crippen molar-refractivity contribution in [1.29, 1.82) is 0 Å². The first kappa shape index (κ1) is 13.6. The molecule has 1 aromatic carbocycles. The van der Waals surface area contributed by atoms with Gasteiger partial charge in [-0.1, -0.05) is 25.0 Å². The molecule has 3 aliphatic rings. The van der Waals surface area contributed by atoms with Gasteiger partial charge in [0.1, 0.15) is 5.82 Å². The third kappa shape index (κ3) is 2.68. The average molecular weight is 288 g/mol. The number of rotatable bonds is 4. The van der Waals surface area contributed by atoms with Crippen LogP contribution in [0.2, 0.25) is 0 Å². The molecule has 1 heterocycles. The van der Waals surface area contributed by atoms with Crippen molar-refractivity contribution in [1.82, 2.24) is 5.32 Å². The van der Waals surface area contributed by atoms with Crippen molar-refractivity contribution >= 4 is 5.69 Å². The van der Waals surface area contributed by atoms with Crippen LogP contribution in [-0.2, 0) is 6.54 Å². The minimum Gasteiger partial charge on any atom is -0.366 e. The Balaban J connectivity index is 1.60. The minimum atomic E-state index is -0.0312. The first-order valence-corrected chi connectivity index (χ1v) is 8.60. The highest BCUT2D eigenvalue weighted by atomic mass is 19.1. The van der Waals surface area contributed by atoms with E-state index in [1.807, 2.05) is 6.07 Å². The number of para-hydroxylation sites is 1. The van der Waals surface area contributed by atoms with Crippen LogP contribution in [0.25, 0.3) is 0 Å². The van der Waals surface area contributed by atoms with Gasteiger partial charge in [0.2, 0.25) is 0 Å². The third-order valence-corrected chi connectivity index (χ3v) is 5.53. The Kier molecular flexibility index (Phi) is 3.62. The number of anilines is 1. The van der Waals surface area contributed by atoms with Gasteiger partial charge in [0, 0.05) is 25.2 Å². The Morgan fingerprint density at radius 2 is 1.95 bits per heavy atom. The second-order valence-electron chi connectivity index (χ2n) is 7.00. The third-order valence-electron chi connectivity index (χ3n) is 5.53. The van der Waals surface area contributed by atoms with Gasteiger partial charge < -0.3 is 10.2 Å². The van der Waals surface area contributed by atoms with Gasteiger partial charge in [-0.15, -0.1) is 0 Å². The van der Waals surface area contributed by atoms with Crippen molar-refractivity contribution in [3.8, 4) is 0 Å². The summed E-state index contributed by atoms with van der Waals surface area (Å²) in [5.74, 6) is 0.763. The zero-order valence-electron chi connectivity index (χ0n) is 12.7. The van der Waals surface area contributed by atoms with Crippen molar-refractivity contribution in [3.63, 3.8) is 0 Å². The summed E-state index contributed by atoms with van der Waals surface area (Å²) in [5, 5.41) is 3.54. The van der Waals surface area contributed by atoms with Crippen molar-refractivity contribution in [2.45, 2.75) is 63.6 Å². The van der Waals surface area contributed by atoms with Crippen LogP contribution >= 0.6 is 0 Å². The van der Waals surface area contributed by atoms with Crippen LogP contribution in [0.1, 0.15) is 50.5 Å². The molecule has 21 heavy (non-hydrogen) atoms. The molecule has 1 N–H and O–H groups in total. The van der Waals surface area contributed by atoms with Crippen molar-refractivity contribution in [2.75, 3.05) is 11.4 Å². The van der Waals surface area contributed by atoms with E-state index >= 15 is 0 Å². The Morgan fingerprint density at radius 3 is 2.81 bits per heavy atom. The standard InChI is InChI=1S/C18H25FN2/c19-16-6-3-5-14(12-20-15-8-9-15)18(16)21-11-10-13-4-1-2-7-17(13)21/h3,5-6,13,15,17,20H,1-2,4,7-12H2. The second kappa shape index (κ2) is 5.60. The number of benzene rings is 1. The van der Waals surface area contributed by atoms with Gasteiger partial charge in [0.05, 0.1) is 5.69 Å². The summed E-state index contributed by atoms with van der Waals surface area (Å²) in [4.78, 5) is 2.39. The summed E-state index contributed by atoms with van der Waals surface area (Å²) in [6, 6.07) is 6.84. The lowest BCUT2D eigenvalue weighted by Gasteiger charge is -2.34. The highest BCUT2D eigenvalue weighted by Gasteiger charge is 2.37. The number of nitrogens with zero attached hydrogens (tertiary/aromatic N) is 1. The maximum absolute atomic E-state index is 14.5. The molecule has 2 atom stereocenters. The van der Waals surface area contributed by atoms with E-state index < -0.39 is 0 Å². The molecule has 114 valence electrons. The van der Waals surface area contributed by atoms with Crippen LogP contribution in [-0.4, -0.2) is 18.6 Å². The summed E-state index contributed by atoms with van der Waals surface area (Å²) < 4.78 is 14.5. The normalized spacial score (nSPS) is 28.7. The van der Waals surface area contributed by atoms with Crippen LogP contribution < -0.4 is 10.2 Å². The second-order valence-corrected chi connectivity index (χ2v) is 7.00. The number of nitrogens with one attached hydrogen (secondary N) is 1. The van der Waals surface area contributed by atoms with Crippen molar-refractivity contribution in [3.05, 3.63) is 29.6 Å². The zero-order chi connectivity index (χ0) is 14.2. The first-order valence-electron chi connectivity index (χ1n) is 8.60. The molecule has 0 aromatic heterocycles. The number of hydrogen-bond donors (Lipinski definition) is 1. The van der Waals surface area contributed by atoms with Gasteiger partial charge in [-0.05, 0) is 49.7 Å². The molecule has 2 nitrogen and oxygen atoms in total. The molecule has 0 bridgehead atoms. The molecule has 1 aliphatic heterocycles. The lowest BCUT2D eigenvalue weighted by atomic mass is 9.85. The van der Waals surface area contributed by atoms with Gasteiger partial charge in [-0.2, -0.15) is 0 Å². The molecule has 3 fully saturated rings. The van der Waals surface area contributed by atoms with E-state index in [1.165, 1.54) is 44.9 Å².